The summed E-state index contributed by atoms with van der Waals surface area (Å²) in [5, 5.41) is 3.34. The zero-order valence-electron chi connectivity index (χ0n) is 15.3. The number of alkyl halides is 3. The standard InChI is InChI=1S/C18H25F3N4O.HI/c1-22-17(23-6-9-24-7-3-8-24)25-10-11-26-16(13-25)14-4-2-5-15(12-14)18(19,20)21;/h2,4-5,12,16H,3,6-11,13H2,1H3,(H,22,23);1H. The van der Waals surface area contributed by atoms with Crippen molar-refractivity contribution < 1.29 is 17.9 Å². The number of hydrogen-bond acceptors (Lipinski definition) is 3. The molecule has 2 aliphatic rings. The number of ether oxygens (including phenoxy) is 1. The third kappa shape index (κ3) is 5.95. The predicted octanol–water partition coefficient (Wildman–Crippen LogP) is 2.98. The molecule has 1 unspecified atom stereocenters. The monoisotopic (exact) mass is 498 g/mol. The van der Waals surface area contributed by atoms with Crippen LogP contribution in [0.4, 0.5) is 13.2 Å². The Morgan fingerprint density at radius 3 is 2.70 bits per heavy atom. The summed E-state index contributed by atoms with van der Waals surface area (Å²) in [6, 6.07) is 5.37. The molecule has 0 aromatic heterocycles. The molecule has 2 fully saturated rings. The fraction of sp³-hybridized carbons (Fsp3) is 0.611. The van der Waals surface area contributed by atoms with E-state index >= 15 is 0 Å². The first-order valence-corrected chi connectivity index (χ1v) is 8.94. The molecule has 5 nitrogen and oxygen atoms in total. The lowest BCUT2D eigenvalue weighted by molar-refractivity contribution is -0.137. The summed E-state index contributed by atoms with van der Waals surface area (Å²) in [7, 11) is 1.72. The Morgan fingerprint density at radius 1 is 1.30 bits per heavy atom. The van der Waals surface area contributed by atoms with Gasteiger partial charge in [-0.2, -0.15) is 13.2 Å². The summed E-state index contributed by atoms with van der Waals surface area (Å²) in [4.78, 5) is 8.73. The predicted molar refractivity (Wildman–Crippen MR) is 110 cm³/mol. The average molecular weight is 498 g/mol. The van der Waals surface area contributed by atoms with Crippen molar-refractivity contribution in [1.82, 2.24) is 15.1 Å². The second-order valence-electron chi connectivity index (χ2n) is 6.60. The van der Waals surface area contributed by atoms with Crippen LogP contribution >= 0.6 is 24.0 Å². The Balaban J connectivity index is 0.00000261. The molecule has 0 amide bonds. The number of benzene rings is 1. The fourth-order valence-corrected chi connectivity index (χ4v) is 3.22. The Kier molecular flexibility index (Phi) is 8.17. The van der Waals surface area contributed by atoms with E-state index in [-0.39, 0.29) is 24.0 Å². The van der Waals surface area contributed by atoms with Crippen LogP contribution in [-0.4, -0.2) is 68.7 Å². The number of aliphatic imine (C=N–C) groups is 1. The summed E-state index contributed by atoms with van der Waals surface area (Å²) < 4.78 is 44.6. The van der Waals surface area contributed by atoms with Crippen LogP contribution < -0.4 is 5.32 Å². The van der Waals surface area contributed by atoms with Gasteiger partial charge in [-0.05, 0) is 37.2 Å². The van der Waals surface area contributed by atoms with Crippen molar-refractivity contribution in [1.29, 1.82) is 0 Å². The van der Waals surface area contributed by atoms with Gasteiger partial charge < -0.3 is 19.9 Å². The highest BCUT2D eigenvalue weighted by Crippen LogP contribution is 2.32. The van der Waals surface area contributed by atoms with Crippen molar-refractivity contribution in [2.75, 3.05) is 52.9 Å². The average Bonchev–Trinajstić information content (AvgIpc) is 2.60. The van der Waals surface area contributed by atoms with Crippen LogP contribution in [0.2, 0.25) is 0 Å². The number of morpholine rings is 1. The third-order valence-corrected chi connectivity index (χ3v) is 4.82. The van der Waals surface area contributed by atoms with Crippen LogP contribution in [0.15, 0.2) is 29.3 Å². The SMILES string of the molecule is CN=C(NCCN1CCC1)N1CCOC(c2cccc(C(F)(F)F)c2)C1.I. The summed E-state index contributed by atoms with van der Waals surface area (Å²) in [6.07, 6.45) is -3.49. The largest absolute Gasteiger partial charge is 0.416 e. The topological polar surface area (TPSA) is 40.1 Å². The molecular formula is C18H26F3IN4O. The Labute approximate surface area is 175 Å². The van der Waals surface area contributed by atoms with Crippen molar-refractivity contribution in [3.63, 3.8) is 0 Å². The van der Waals surface area contributed by atoms with E-state index in [1.807, 2.05) is 4.90 Å². The van der Waals surface area contributed by atoms with Crippen LogP contribution in [0.3, 0.4) is 0 Å². The highest BCUT2D eigenvalue weighted by atomic mass is 127. The lowest BCUT2D eigenvalue weighted by atomic mass is 10.0. The molecule has 2 aliphatic heterocycles. The van der Waals surface area contributed by atoms with Gasteiger partial charge in [0.05, 0.1) is 18.7 Å². The van der Waals surface area contributed by atoms with Crippen LogP contribution in [0.25, 0.3) is 0 Å². The van der Waals surface area contributed by atoms with Crippen LogP contribution in [0.1, 0.15) is 23.7 Å². The van der Waals surface area contributed by atoms with E-state index in [1.165, 1.54) is 18.6 Å². The maximum Gasteiger partial charge on any atom is 0.416 e. The minimum atomic E-state index is -4.35. The lowest BCUT2D eigenvalue weighted by Crippen LogP contribution is -2.50. The Morgan fingerprint density at radius 2 is 2.07 bits per heavy atom. The molecule has 1 atom stereocenters. The lowest BCUT2D eigenvalue weighted by Gasteiger charge is -2.36. The molecule has 1 N–H and O–H groups in total. The van der Waals surface area contributed by atoms with E-state index in [2.05, 4.69) is 15.2 Å². The van der Waals surface area contributed by atoms with Gasteiger partial charge in [0, 0.05) is 26.7 Å². The van der Waals surface area contributed by atoms with Gasteiger partial charge >= 0.3 is 6.18 Å². The smallest absolute Gasteiger partial charge is 0.370 e. The van der Waals surface area contributed by atoms with Gasteiger partial charge in [-0.25, -0.2) is 0 Å². The summed E-state index contributed by atoms with van der Waals surface area (Å²) in [6.45, 7) is 5.67. The summed E-state index contributed by atoms with van der Waals surface area (Å²) in [5.41, 5.74) is -0.103. The molecular weight excluding hydrogens is 472 g/mol. The zero-order valence-corrected chi connectivity index (χ0v) is 17.7. The maximum absolute atomic E-state index is 12.9. The van der Waals surface area contributed by atoms with E-state index < -0.39 is 17.8 Å². The van der Waals surface area contributed by atoms with Crippen LogP contribution in [0, 0.1) is 0 Å². The van der Waals surface area contributed by atoms with Crippen molar-refractivity contribution in [3.8, 4) is 0 Å². The number of likely N-dealkylation sites (tertiary alicyclic amines) is 1. The molecule has 1 aromatic carbocycles. The number of nitrogens with one attached hydrogen (secondary N) is 1. The van der Waals surface area contributed by atoms with E-state index in [4.69, 9.17) is 4.74 Å². The highest BCUT2D eigenvalue weighted by Gasteiger charge is 2.32. The molecule has 2 saturated heterocycles. The number of guanidine groups is 1. The first-order valence-electron chi connectivity index (χ1n) is 8.94. The Bertz CT molecular complexity index is 637. The minimum Gasteiger partial charge on any atom is -0.370 e. The summed E-state index contributed by atoms with van der Waals surface area (Å²) in [5.74, 6) is 0.769. The van der Waals surface area contributed by atoms with Crippen molar-refractivity contribution in [3.05, 3.63) is 35.4 Å². The van der Waals surface area contributed by atoms with Gasteiger partial charge in [0.25, 0.3) is 0 Å². The second kappa shape index (κ2) is 9.92. The van der Waals surface area contributed by atoms with E-state index in [0.29, 0.717) is 25.3 Å². The van der Waals surface area contributed by atoms with Crippen LogP contribution in [0.5, 0.6) is 0 Å². The second-order valence-corrected chi connectivity index (χ2v) is 6.60. The Hall–Kier alpha value is -1.07. The van der Waals surface area contributed by atoms with Gasteiger partial charge in [0.1, 0.15) is 6.10 Å². The van der Waals surface area contributed by atoms with Crippen molar-refractivity contribution >= 4 is 29.9 Å². The molecule has 0 spiro atoms. The first-order chi connectivity index (χ1) is 12.5. The van der Waals surface area contributed by atoms with E-state index in [0.717, 1.165) is 38.2 Å². The van der Waals surface area contributed by atoms with Crippen molar-refractivity contribution in [2.24, 2.45) is 4.99 Å². The molecule has 1 aromatic rings. The van der Waals surface area contributed by atoms with Gasteiger partial charge in [0.15, 0.2) is 5.96 Å². The van der Waals surface area contributed by atoms with Gasteiger partial charge in [-0.1, -0.05) is 12.1 Å². The molecule has 2 heterocycles. The maximum atomic E-state index is 12.9. The first kappa shape index (κ1) is 22.2. The highest BCUT2D eigenvalue weighted by molar-refractivity contribution is 14.0. The number of hydrogen-bond donors (Lipinski definition) is 1. The fourth-order valence-electron chi connectivity index (χ4n) is 3.22. The summed E-state index contributed by atoms with van der Waals surface area (Å²) >= 11 is 0. The molecule has 0 aliphatic carbocycles. The zero-order chi connectivity index (χ0) is 18.6. The van der Waals surface area contributed by atoms with Crippen molar-refractivity contribution in [2.45, 2.75) is 18.7 Å². The molecule has 9 heteroatoms. The minimum absolute atomic E-state index is 0. The molecule has 0 saturated carbocycles. The van der Waals surface area contributed by atoms with E-state index in [9.17, 15) is 13.2 Å². The molecule has 0 bridgehead atoms. The third-order valence-electron chi connectivity index (χ3n) is 4.82. The number of nitrogens with zero attached hydrogens (tertiary/aromatic N) is 3. The molecule has 0 radical (unpaired) electrons. The molecule has 3 rings (SSSR count). The van der Waals surface area contributed by atoms with Crippen LogP contribution in [-0.2, 0) is 10.9 Å². The van der Waals surface area contributed by atoms with Gasteiger partial charge in [-0.3, -0.25) is 4.99 Å². The quantitative estimate of drug-likeness (QED) is 0.394. The van der Waals surface area contributed by atoms with Gasteiger partial charge in [-0.15, -0.1) is 24.0 Å². The molecule has 152 valence electrons. The normalized spacial score (nSPS) is 21.4. The molecule has 27 heavy (non-hydrogen) atoms. The number of halogens is 4. The van der Waals surface area contributed by atoms with Gasteiger partial charge in [0.2, 0.25) is 0 Å². The van der Waals surface area contributed by atoms with E-state index in [1.54, 1.807) is 13.1 Å². The number of rotatable bonds is 4.